The van der Waals surface area contributed by atoms with Crippen LogP contribution in [0.1, 0.15) is 5.69 Å². The SMILES string of the molecule is N#Cc1csc(-c2ccc3ncoc3c2)n1. The summed E-state index contributed by atoms with van der Waals surface area (Å²) in [6.07, 6.45) is 1.41. The molecule has 0 amide bonds. The van der Waals surface area contributed by atoms with Gasteiger partial charge in [0.2, 0.25) is 0 Å². The van der Waals surface area contributed by atoms with Crippen molar-refractivity contribution in [2.75, 3.05) is 0 Å². The van der Waals surface area contributed by atoms with Gasteiger partial charge in [-0.1, -0.05) is 0 Å². The zero-order chi connectivity index (χ0) is 11.0. The molecule has 0 bridgehead atoms. The molecule has 0 fully saturated rings. The summed E-state index contributed by atoms with van der Waals surface area (Å²) < 4.78 is 5.21. The van der Waals surface area contributed by atoms with Crippen LogP contribution in [-0.2, 0) is 0 Å². The van der Waals surface area contributed by atoms with E-state index in [0.29, 0.717) is 5.69 Å². The summed E-state index contributed by atoms with van der Waals surface area (Å²) in [7, 11) is 0. The molecule has 2 aromatic heterocycles. The van der Waals surface area contributed by atoms with E-state index in [-0.39, 0.29) is 0 Å². The Kier molecular flexibility index (Phi) is 1.95. The van der Waals surface area contributed by atoms with Crippen LogP contribution in [0.3, 0.4) is 0 Å². The van der Waals surface area contributed by atoms with E-state index in [2.05, 4.69) is 9.97 Å². The average molecular weight is 227 g/mol. The van der Waals surface area contributed by atoms with E-state index >= 15 is 0 Å². The maximum absolute atomic E-state index is 8.70. The molecule has 4 nitrogen and oxygen atoms in total. The van der Waals surface area contributed by atoms with Crippen LogP contribution in [-0.4, -0.2) is 9.97 Å². The van der Waals surface area contributed by atoms with Crippen molar-refractivity contribution in [1.82, 2.24) is 9.97 Å². The number of aromatic nitrogens is 2. The second-order valence-electron chi connectivity index (χ2n) is 3.18. The van der Waals surface area contributed by atoms with Crippen LogP contribution in [0.4, 0.5) is 0 Å². The maximum atomic E-state index is 8.70. The Morgan fingerprint density at radius 2 is 2.31 bits per heavy atom. The van der Waals surface area contributed by atoms with Gasteiger partial charge in [-0.25, -0.2) is 9.97 Å². The minimum Gasteiger partial charge on any atom is -0.443 e. The molecule has 0 saturated carbocycles. The van der Waals surface area contributed by atoms with Gasteiger partial charge in [-0.3, -0.25) is 0 Å². The fraction of sp³-hybridized carbons (Fsp3) is 0. The number of thiazole rings is 1. The zero-order valence-electron chi connectivity index (χ0n) is 8.04. The number of nitrogens with zero attached hydrogens (tertiary/aromatic N) is 3. The van der Waals surface area contributed by atoms with Gasteiger partial charge in [-0.15, -0.1) is 11.3 Å². The largest absolute Gasteiger partial charge is 0.443 e. The molecule has 3 aromatic rings. The van der Waals surface area contributed by atoms with E-state index in [9.17, 15) is 0 Å². The number of hydrogen-bond acceptors (Lipinski definition) is 5. The van der Waals surface area contributed by atoms with Crippen LogP contribution in [0, 0.1) is 11.3 Å². The highest BCUT2D eigenvalue weighted by molar-refractivity contribution is 7.13. The van der Waals surface area contributed by atoms with Crippen LogP contribution in [0.25, 0.3) is 21.7 Å². The lowest BCUT2D eigenvalue weighted by molar-refractivity contribution is 0.602. The summed E-state index contributed by atoms with van der Waals surface area (Å²) in [6.45, 7) is 0. The fourth-order valence-electron chi connectivity index (χ4n) is 1.45. The van der Waals surface area contributed by atoms with Gasteiger partial charge < -0.3 is 4.42 Å². The first-order valence-electron chi connectivity index (χ1n) is 4.56. The van der Waals surface area contributed by atoms with Gasteiger partial charge >= 0.3 is 0 Å². The van der Waals surface area contributed by atoms with Gasteiger partial charge in [0, 0.05) is 10.9 Å². The second kappa shape index (κ2) is 3.43. The number of nitriles is 1. The van der Waals surface area contributed by atoms with Crippen molar-refractivity contribution in [2.24, 2.45) is 0 Å². The highest BCUT2D eigenvalue weighted by atomic mass is 32.1. The van der Waals surface area contributed by atoms with Crippen LogP contribution in [0.15, 0.2) is 34.4 Å². The Hall–Kier alpha value is -2.19. The number of oxazole rings is 1. The number of benzene rings is 1. The van der Waals surface area contributed by atoms with Crippen molar-refractivity contribution >= 4 is 22.4 Å². The summed E-state index contributed by atoms with van der Waals surface area (Å²) in [5.41, 5.74) is 2.93. The summed E-state index contributed by atoms with van der Waals surface area (Å²) in [6, 6.07) is 7.69. The second-order valence-corrected chi connectivity index (χ2v) is 4.04. The molecule has 0 N–H and O–H groups in total. The Bertz CT molecular complexity index is 692. The molecule has 76 valence electrons. The molecule has 1 aromatic carbocycles. The molecule has 2 heterocycles. The van der Waals surface area contributed by atoms with E-state index in [1.165, 1.54) is 17.7 Å². The van der Waals surface area contributed by atoms with Crippen LogP contribution >= 0.6 is 11.3 Å². The Labute approximate surface area is 94.8 Å². The molecule has 0 saturated heterocycles. The van der Waals surface area contributed by atoms with E-state index in [0.717, 1.165) is 21.7 Å². The Balaban J connectivity index is 2.14. The lowest BCUT2D eigenvalue weighted by atomic mass is 10.2. The zero-order valence-corrected chi connectivity index (χ0v) is 8.86. The number of rotatable bonds is 1. The summed E-state index contributed by atoms with van der Waals surface area (Å²) >= 11 is 1.44. The fourth-order valence-corrected chi connectivity index (χ4v) is 2.19. The average Bonchev–Trinajstić information content (AvgIpc) is 2.96. The van der Waals surface area contributed by atoms with Gasteiger partial charge in [0.25, 0.3) is 0 Å². The Morgan fingerprint density at radius 3 is 3.12 bits per heavy atom. The molecule has 0 unspecified atom stereocenters. The van der Waals surface area contributed by atoms with Crippen molar-refractivity contribution in [3.8, 4) is 16.6 Å². The van der Waals surface area contributed by atoms with Crippen molar-refractivity contribution in [3.63, 3.8) is 0 Å². The van der Waals surface area contributed by atoms with E-state index in [1.54, 1.807) is 5.38 Å². The third-order valence-electron chi connectivity index (χ3n) is 2.20. The van der Waals surface area contributed by atoms with Crippen molar-refractivity contribution in [1.29, 1.82) is 5.26 Å². The third kappa shape index (κ3) is 1.36. The lowest BCUT2D eigenvalue weighted by Gasteiger charge is -1.94. The molecular formula is C11H5N3OS. The lowest BCUT2D eigenvalue weighted by Crippen LogP contribution is -1.77. The van der Waals surface area contributed by atoms with Crippen molar-refractivity contribution in [3.05, 3.63) is 35.7 Å². The molecule has 3 rings (SSSR count). The standard InChI is InChI=1S/C11H5N3OS/c12-4-8-5-16-11(14-8)7-1-2-9-10(3-7)15-6-13-9/h1-3,5-6H. The minimum absolute atomic E-state index is 0.442. The summed E-state index contributed by atoms with van der Waals surface area (Å²) in [5, 5.41) is 11.3. The first-order chi connectivity index (χ1) is 7.86. The topological polar surface area (TPSA) is 62.7 Å². The van der Waals surface area contributed by atoms with Crippen LogP contribution in [0.2, 0.25) is 0 Å². The molecule has 5 heteroatoms. The highest BCUT2D eigenvalue weighted by Gasteiger charge is 2.06. The predicted octanol–water partition coefficient (Wildman–Crippen LogP) is 2.82. The third-order valence-corrected chi connectivity index (χ3v) is 3.09. The quantitative estimate of drug-likeness (QED) is 0.641. The van der Waals surface area contributed by atoms with Gasteiger partial charge in [-0.05, 0) is 18.2 Å². The molecule has 0 radical (unpaired) electrons. The van der Waals surface area contributed by atoms with Crippen LogP contribution < -0.4 is 0 Å². The number of hydrogen-bond donors (Lipinski definition) is 0. The predicted molar refractivity (Wildman–Crippen MR) is 59.8 cm³/mol. The van der Waals surface area contributed by atoms with Gasteiger partial charge in [-0.2, -0.15) is 5.26 Å². The maximum Gasteiger partial charge on any atom is 0.181 e. The summed E-state index contributed by atoms with van der Waals surface area (Å²) in [5.74, 6) is 0. The van der Waals surface area contributed by atoms with Gasteiger partial charge in [0.15, 0.2) is 17.7 Å². The van der Waals surface area contributed by atoms with E-state index < -0.39 is 0 Å². The molecule has 16 heavy (non-hydrogen) atoms. The van der Waals surface area contributed by atoms with Crippen molar-refractivity contribution in [2.45, 2.75) is 0 Å². The molecule has 0 spiro atoms. The first kappa shape index (κ1) is 9.07. The Morgan fingerprint density at radius 1 is 1.38 bits per heavy atom. The molecule has 0 atom stereocenters. The van der Waals surface area contributed by atoms with Crippen molar-refractivity contribution < 1.29 is 4.42 Å². The van der Waals surface area contributed by atoms with Crippen LogP contribution in [0.5, 0.6) is 0 Å². The molecule has 0 aliphatic carbocycles. The monoisotopic (exact) mass is 227 g/mol. The van der Waals surface area contributed by atoms with E-state index in [4.69, 9.17) is 9.68 Å². The van der Waals surface area contributed by atoms with Gasteiger partial charge in [0.05, 0.1) is 0 Å². The summed E-state index contributed by atoms with van der Waals surface area (Å²) in [4.78, 5) is 8.22. The molecule has 0 aliphatic rings. The molecule has 0 aliphatic heterocycles. The first-order valence-corrected chi connectivity index (χ1v) is 5.44. The molecular weight excluding hydrogens is 222 g/mol. The minimum atomic E-state index is 0.442. The normalized spacial score (nSPS) is 10.4. The van der Waals surface area contributed by atoms with E-state index in [1.807, 2.05) is 24.3 Å². The highest BCUT2D eigenvalue weighted by Crippen LogP contribution is 2.26. The van der Waals surface area contributed by atoms with Gasteiger partial charge in [0.1, 0.15) is 16.6 Å². The smallest absolute Gasteiger partial charge is 0.181 e. The number of fused-ring (bicyclic) bond motifs is 1.